The summed E-state index contributed by atoms with van der Waals surface area (Å²) < 4.78 is 5.29. The number of ether oxygens (including phenoxy) is 1. The lowest BCUT2D eigenvalue weighted by Crippen LogP contribution is -2.28. The largest absolute Gasteiger partial charge is 0.480 e. The summed E-state index contributed by atoms with van der Waals surface area (Å²) in [6, 6.07) is 18.1. The van der Waals surface area contributed by atoms with Crippen LogP contribution < -0.4 is 0 Å². The lowest BCUT2D eigenvalue weighted by molar-refractivity contribution is -0.153. The Morgan fingerprint density at radius 3 is 1.71 bits per heavy atom. The molecule has 0 heterocycles. The second-order valence-corrected chi connectivity index (χ2v) is 4.78. The number of halogens is 1. The minimum absolute atomic E-state index is 0.694. The van der Waals surface area contributed by atoms with Crippen LogP contribution in [0.2, 0.25) is 0 Å². The summed E-state index contributed by atoms with van der Waals surface area (Å²) in [5.74, 6) is -2.41. The molecule has 0 saturated heterocycles. The van der Waals surface area contributed by atoms with E-state index in [9.17, 15) is 9.59 Å². The average molecular weight is 305 g/mol. The quantitative estimate of drug-likeness (QED) is 0.524. The first-order chi connectivity index (χ1) is 10.1. The predicted octanol–water partition coefficient (Wildman–Crippen LogP) is 3.01. The van der Waals surface area contributed by atoms with Gasteiger partial charge in [0.2, 0.25) is 5.38 Å². The summed E-state index contributed by atoms with van der Waals surface area (Å²) >= 11 is 5.51. The highest BCUT2D eigenvalue weighted by Crippen LogP contribution is 2.26. The molecule has 1 unspecified atom stereocenters. The van der Waals surface area contributed by atoms with Gasteiger partial charge in [-0.2, -0.15) is 0 Å². The third-order valence-corrected chi connectivity index (χ3v) is 3.23. The summed E-state index contributed by atoms with van der Waals surface area (Å²) in [4.78, 5) is 22.6. The van der Waals surface area contributed by atoms with E-state index in [1.165, 1.54) is 0 Å². The fraction of sp³-hybridized carbons (Fsp3) is 0.125. The second kappa shape index (κ2) is 6.90. The van der Waals surface area contributed by atoms with Crippen LogP contribution in [0.3, 0.4) is 0 Å². The van der Waals surface area contributed by atoms with Crippen LogP contribution in [0.1, 0.15) is 17.2 Å². The molecule has 0 aliphatic heterocycles. The first kappa shape index (κ1) is 15.1. The molecule has 0 amide bonds. The Balaban J connectivity index is 2.30. The molecule has 0 aliphatic carbocycles. The van der Waals surface area contributed by atoms with Gasteiger partial charge in [-0.3, -0.25) is 0 Å². The zero-order valence-corrected chi connectivity index (χ0v) is 11.7. The zero-order chi connectivity index (χ0) is 15.2. The SMILES string of the molecule is O=C(O)C(Cl)C(=O)OC(c1ccccc1)c1ccccc1. The number of alkyl halides is 1. The first-order valence-corrected chi connectivity index (χ1v) is 6.70. The van der Waals surface area contributed by atoms with Crippen molar-refractivity contribution in [2.24, 2.45) is 0 Å². The number of carbonyl (C=O) groups excluding carboxylic acids is 1. The number of carboxylic acid groups (broad SMARTS) is 1. The fourth-order valence-corrected chi connectivity index (χ4v) is 1.91. The summed E-state index contributed by atoms with van der Waals surface area (Å²) in [6.45, 7) is 0. The molecular formula is C16H13ClO4. The highest BCUT2D eigenvalue weighted by atomic mass is 35.5. The van der Waals surface area contributed by atoms with Gasteiger partial charge in [0.05, 0.1) is 0 Å². The maximum Gasteiger partial charge on any atom is 0.336 e. The molecule has 5 heteroatoms. The van der Waals surface area contributed by atoms with E-state index in [0.29, 0.717) is 0 Å². The number of esters is 1. The predicted molar refractivity (Wildman–Crippen MR) is 78.1 cm³/mol. The lowest BCUT2D eigenvalue weighted by Gasteiger charge is -2.19. The number of carbonyl (C=O) groups is 2. The molecule has 4 nitrogen and oxygen atoms in total. The van der Waals surface area contributed by atoms with Crippen molar-refractivity contribution < 1.29 is 19.4 Å². The van der Waals surface area contributed by atoms with Gasteiger partial charge in [0.15, 0.2) is 6.10 Å². The van der Waals surface area contributed by atoms with E-state index in [2.05, 4.69) is 0 Å². The molecule has 0 spiro atoms. The molecule has 0 aromatic heterocycles. The maximum atomic E-state index is 11.8. The standard InChI is InChI=1S/C16H13ClO4/c17-13(15(18)19)16(20)21-14(11-7-3-1-4-8-11)12-9-5-2-6-10-12/h1-10,13-14H,(H,18,19). The van der Waals surface area contributed by atoms with Gasteiger partial charge in [-0.15, -0.1) is 0 Å². The number of aliphatic carboxylic acids is 1. The monoisotopic (exact) mass is 304 g/mol. The molecule has 0 aliphatic rings. The van der Waals surface area contributed by atoms with Crippen LogP contribution in [0, 0.1) is 0 Å². The molecule has 0 fully saturated rings. The van der Waals surface area contributed by atoms with Crippen molar-refractivity contribution >= 4 is 23.5 Å². The van der Waals surface area contributed by atoms with Gasteiger partial charge >= 0.3 is 11.9 Å². The van der Waals surface area contributed by atoms with Gasteiger partial charge in [0.25, 0.3) is 0 Å². The van der Waals surface area contributed by atoms with Crippen molar-refractivity contribution in [3.05, 3.63) is 71.8 Å². The van der Waals surface area contributed by atoms with E-state index in [1.54, 1.807) is 24.3 Å². The van der Waals surface area contributed by atoms with E-state index in [1.807, 2.05) is 36.4 Å². The van der Waals surface area contributed by atoms with E-state index in [0.717, 1.165) is 11.1 Å². The van der Waals surface area contributed by atoms with Crippen LogP contribution >= 0.6 is 11.6 Å². The van der Waals surface area contributed by atoms with Gasteiger partial charge in [-0.25, -0.2) is 9.59 Å². The molecule has 2 aromatic carbocycles. The number of carboxylic acids is 1. The van der Waals surface area contributed by atoms with Gasteiger partial charge in [-0.1, -0.05) is 72.3 Å². The Kier molecular flexibility index (Phi) is 4.95. The van der Waals surface area contributed by atoms with Crippen molar-refractivity contribution in [1.29, 1.82) is 0 Å². The Morgan fingerprint density at radius 1 is 0.905 bits per heavy atom. The molecule has 21 heavy (non-hydrogen) atoms. The number of benzene rings is 2. The van der Waals surface area contributed by atoms with Crippen molar-refractivity contribution in [2.75, 3.05) is 0 Å². The molecule has 108 valence electrons. The lowest BCUT2D eigenvalue weighted by atomic mass is 10.0. The number of hydrogen-bond acceptors (Lipinski definition) is 3. The van der Waals surface area contributed by atoms with E-state index >= 15 is 0 Å². The van der Waals surface area contributed by atoms with E-state index in [4.69, 9.17) is 21.4 Å². The Labute approximate surface area is 126 Å². The Hall–Kier alpha value is -2.33. The van der Waals surface area contributed by atoms with Crippen LogP contribution in [0.15, 0.2) is 60.7 Å². The summed E-state index contributed by atoms with van der Waals surface area (Å²) in [5, 5.41) is 7.05. The third-order valence-electron chi connectivity index (χ3n) is 2.86. The van der Waals surface area contributed by atoms with Gasteiger partial charge in [-0.05, 0) is 11.1 Å². The highest BCUT2D eigenvalue weighted by Gasteiger charge is 2.28. The van der Waals surface area contributed by atoms with E-state index in [-0.39, 0.29) is 0 Å². The van der Waals surface area contributed by atoms with E-state index < -0.39 is 23.4 Å². The maximum absolute atomic E-state index is 11.8. The van der Waals surface area contributed by atoms with Gasteiger partial charge < -0.3 is 9.84 Å². The summed E-state index contributed by atoms with van der Waals surface area (Å²) in [7, 11) is 0. The Morgan fingerprint density at radius 2 is 1.33 bits per heavy atom. The average Bonchev–Trinajstić information content (AvgIpc) is 2.53. The molecular weight excluding hydrogens is 292 g/mol. The van der Waals surface area contributed by atoms with Crippen molar-refractivity contribution in [3.8, 4) is 0 Å². The van der Waals surface area contributed by atoms with Crippen LogP contribution in [-0.4, -0.2) is 22.4 Å². The zero-order valence-electron chi connectivity index (χ0n) is 11.0. The minimum Gasteiger partial charge on any atom is -0.480 e. The molecule has 2 rings (SSSR count). The van der Waals surface area contributed by atoms with Crippen LogP contribution in [0.25, 0.3) is 0 Å². The molecule has 0 radical (unpaired) electrons. The summed E-state index contributed by atoms with van der Waals surface area (Å²) in [5.41, 5.74) is 1.48. The third kappa shape index (κ3) is 3.83. The molecule has 1 atom stereocenters. The fourth-order valence-electron chi connectivity index (χ4n) is 1.86. The molecule has 0 bridgehead atoms. The van der Waals surface area contributed by atoms with Gasteiger partial charge in [0.1, 0.15) is 0 Å². The molecule has 1 N–H and O–H groups in total. The van der Waals surface area contributed by atoms with Crippen LogP contribution in [0.5, 0.6) is 0 Å². The van der Waals surface area contributed by atoms with Crippen molar-refractivity contribution in [3.63, 3.8) is 0 Å². The Bertz CT molecular complexity index is 573. The van der Waals surface area contributed by atoms with Crippen LogP contribution in [0.4, 0.5) is 0 Å². The molecule has 0 saturated carbocycles. The summed E-state index contributed by atoms with van der Waals surface area (Å²) in [6.07, 6.45) is -0.694. The smallest absolute Gasteiger partial charge is 0.336 e. The number of rotatable bonds is 5. The first-order valence-electron chi connectivity index (χ1n) is 6.27. The second-order valence-electron chi connectivity index (χ2n) is 4.34. The van der Waals surface area contributed by atoms with Crippen molar-refractivity contribution in [1.82, 2.24) is 0 Å². The molecule has 2 aromatic rings. The topological polar surface area (TPSA) is 63.6 Å². The number of hydrogen-bond donors (Lipinski definition) is 1. The minimum atomic E-state index is -1.72. The normalized spacial score (nSPS) is 11.9. The van der Waals surface area contributed by atoms with Crippen molar-refractivity contribution in [2.45, 2.75) is 11.5 Å². The van der Waals surface area contributed by atoms with Crippen LogP contribution in [-0.2, 0) is 14.3 Å². The van der Waals surface area contributed by atoms with Gasteiger partial charge in [0, 0.05) is 0 Å². The highest BCUT2D eigenvalue weighted by molar-refractivity contribution is 6.39.